The summed E-state index contributed by atoms with van der Waals surface area (Å²) >= 11 is 0. The molecule has 3 aromatic rings. The van der Waals surface area contributed by atoms with E-state index < -0.39 is 11.6 Å². The minimum Gasteiger partial charge on any atom is -0.486 e. The zero-order valence-electron chi connectivity index (χ0n) is 24.3. The van der Waals surface area contributed by atoms with Crippen molar-refractivity contribution in [3.05, 3.63) is 118 Å². The van der Waals surface area contributed by atoms with Gasteiger partial charge >= 0.3 is 5.97 Å². The Morgan fingerprint density at radius 2 is 1.63 bits per heavy atom. The van der Waals surface area contributed by atoms with Crippen molar-refractivity contribution in [1.82, 2.24) is 0 Å². The highest BCUT2D eigenvalue weighted by Crippen LogP contribution is 2.49. The maximum absolute atomic E-state index is 13.0. The quantitative estimate of drug-likeness (QED) is 0.104. The predicted molar refractivity (Wildman–Crippen MR) is 162 cm³/mol. The van der Waals surface area contributed by atoms with E-state index in [0.29, 0.717) is 42.3 Å². The Labute approximate surface area is 242 Å². The first kappa shape index (κ1) is 29.7. The van der Waals surface area contributed by atoms with E-state index in [1.165, 1.54) is 17.2 Å². The first-order valence-corrected chi connectivity index (χ1v) is 14.2. The van der Waals surface area contributed by atoms with Gasteiger partial charge in [0.2, 0.25) is 0 Å². The molecule has 5 heteroatoms. The Morgan fingerprint density at radius 3 is 2.27 bits per heavy atom. The molecule has 0 aromatic heterocycles. The van der Waals surface area contributed by atoms with Crippen LogP contribution >= 0.6 is 0 Å². The molecule has 0 radical (unpaired) electrons. The van der Waals surface area contributed by atoms with E-state index in [0.717, 1.165) is 24.8 Å². The lowest BCUT2D eigenvalue weighted by molar-refractivity contribution is 0.0331. The van der Waals surface area contributed by atoms with Crippen LogP contribution in [-0.4, -0.2) is 24.1 Å². The number of allylic oxidation sites excluding steroid dienone is 4. The monoisotopic (exact) mass is 550 g/mol. The molecule has 4 rings (SSSR count). The number of rotatable bonds is 11. The molecule has 0 aliphatic carbocycles. The molecular formula is C36H38O5. The van der Waals surface area contributed by atoms with Gasteiger partial charge in [-0.3, -0.25) is 9.59 Å². The summed E-state index contributed by atoms with van der Waals surface area (Å²) in [5.74, 6) is -0.0629. The van der Waals surface area contributed by atoms with Gasteiger partial charge in [-0.2, -0.15) is 0 Å². The fourth-order valence-corrected chi connectivity index (χ4v) is 5.47. The van der Waals surface area contributed by atoms with Gasteiger partial charge in [-0.25, -0.2) is 4.79 Å². The van der Waals surface area contributed by atoms with Gasteiger partial charge < -0.3 is 9.47 Å². The van der Waals surface area contributed by atoms with Crippen molar-refractivity contribution in [3.63, 3.8) is 0 Å². The summed E-state index contributed by atoms with van der Waals surface area (Å²) in [5, 5.41) is 0. The van der Waals surface area contributed by atoms with Crippen molar-refractivity contribution in [3.8, 4) is 11.5 Å². The van der Waals surface area contributed by atoms with Crippen LogP contribution in [0.5, 0.6) is 11.5 Å². The Bertz CT molecular complexity index is 1450. The molecule has 0 amide bonds. The number of carbonyl (C=O) groups excluding carboxylic acids is 3. The van der Waals surface area contributed by atoms with Gasteiger partial charge in [-0.1, -0.05) is 71.8 Å². The zero-order valence-corrected chi connectivity index (χ0v) is 24.3. The number of benzene rings is 3. The fourth-order valence-electron chi connectivity index (χ4n) is 5.47. The van der Waals surface area contributed by atoms with Crippen molar-refractivity contribution in [1.29, 1.82) is 0 Å². The van der Waals surface area contributed by atoms with Crippen LogP contribution in [0.15, 0.2) is 90.0 Å². The standard InChI is InChI=1S/C36H38O5/c1-25(2)13-11-14-26(3)15-12-20-36(4)32(27-16-7-5-8-17-27)22-30-33(40-35(39)28-18-9-6-10-19-28)21-29(23-37)31(24-38)34(30)41-36/h5-10,13,15-19,21,23-24,32H,11-12,14,20,22H2,1-4H3/b26-15+. The second kappa shape index (κ2) is 13.4. The molecule has 41 heavy (non-hydrogen) atoms. The van der Waals surface area contributed by atoms with Crippen LogP contribution < -0.4 is 9.47 Å². The summed E-state index contributed by atoms with van der Waals surface area (Å²) in [4.78, 5) is 37.3. The van der Waals surface area contributed by atoms with Gasteiger partial charge in [-0.05, 0) is 83.6 Å². The molecule has 2 unspecified atom stereocenters. The van der Waals surface area contributed by atoms with E-state index in [2.05, 4.69) is 52.0 Å². The van der Waals surface area contributed by atoms with E-state index in [-0.39, 0.29) is 22.8 Å². The number of fused-ring (bicyclic) bond motifs is 1. The van der Waals surface area contributed by atoms with Crippen LogP contribution in [-0.2, 0) is 6.42 Å². The van der Waals surface area contributed by atoms with Crippen LogP contribution in [0.3, 0.4) is 0 Å². The molecule has 0 saturated heterocycles. The van der Waals surface area contributed by atoms with Crippen molar-refractivity contribution in [2.24, 2.45) is 0 Å². The molecule has 1 aliphatic rings. The maximum atomic E-state index is 13.0. The molecule has 1 heterocycles. The summed E-state index contributed by atoms with van der Waals surface area (Å²) in [6, 6.07) is 20.3. The predicted octanol–water partition coefficient (Wildman–Crippen LogP) is 8.48. The molecular weight excluding hydrogens is 512 g/mol. The van der Waals surface area contributed by atoms with Crippen LogP contribution in [0.4, 0.5) is 0 Å². The van der Waals surface area contributed by atoms with Crippen LogP contribution in [0.2, 0.25) is 0 Å². The molecule has 0 N–H and O–H groups in total. The lowest BCUT2D eigenvalue weighted by atomic mass is 9.74. The van der Waals surface area contributed by atoms with E-state index >= 15 is 0 Å². The molecule has 2 atom stereocenters. The number of ether oxygens (including phenoxy) is 2. The maximum Gasteiger partial charge on any atom is 0.343 e. The highest BCUT2D eigenvalue weighted by molar-refractivity contribution is 5.96. The molecule has 5 nitrogen and oxygen atoms in total. The zero-order chi connectivity index (χ0) is 29.4. The highest BCUT2D eigenvalue weighted by Gasteiger charge is 2.44. The third-order valence-corrected chi connectivity index (χ3v) is 7.78. The third kappa shape index (κ3) is 7.10. The molecule has 0 fully saturated rings. The van der Waals surface area contributed by atoms with Gasteiger partial charge in [0.25, 0.3) is 0 Å². The summed E-state index contributed by atoms with van der Waals surface area (Å²) in [6.45, 7) is 8.44. The first-order chi connectivity index (χ1) is 19.8. The van der Waals surface area contributed by atoms with E-state index in [1.54, 1.807) is 24.3 Å². The molecule has 0 bridgehead atoms. The van der Waals surface area contributed by atoms with Crippen LogP contribution in [0, 0.1) is 0 Å². The third-order valence-electron chi connectivity index (χ3n) is 7.78. The Balaban J connectivity index is 1.73. The molecule has 0 spiro atoms. The molecule has 1 aliphatic heterocycles. The second-order valence-corrected chi connectivity index (χ2v) is 11.2. The average molecular weight is 551 g/mol. The Hall–Kier alpha value is -4.25. The highest BCUT2D eigenvalue weighted by atomic mass is 16.5. The second-order valence-electron chi connectivity index (χ2n) is 11.2. The normalized spacial score (nSPS) is 18.0. The lowest BCUT2D eigenvalue weighted by Crippen LogP contribution is -2.44. The number of carbonyl (C=O) groups is 3. The summed E-state index contributed by atoms with van der Waals surface area (Å²) < 4.78 is 12.6. The lowest BCUT2D eigenvalue weighted by Gasteiger charge is -2.44. The number of aldehydes is 2. The first-order valence-electron chi connectivity index (χ1n) is 14.2. The van der Waals surface area contributed by atoms with Crippen molar-refractivity contribution in [2.45, 2.75) is 71.3 Å². The van der Waals surface area contributed by atoms with Gasteiger partial charge in [0, 0.05) is 17.0 Å². The minimum absolute atomic E-state index is 0.0775. The Morgan fingerprint density at radius 1 is 0.951 bits per heavy atom. The summed E-state index contributed by atoms with van der Waals surface area (Å²) in [7, 11) is 0. The van der Waals surface area contributed by atoms with Gasteiger partial charge in [0.15, 0.2) is 12.6 Å². The topological polar surface area (TPSA) is 69.7 Å². The number of hydrogen-bond acceptors (Lipinski definition) is 5. The molecule has 0 saturated carbocycles. The van der Waals surface area contributed by atoms with E-state index in [1.807, 2.05) is 24.3 Å². The van der Waals surface area contributed by atoms with Gasteiger partial charge in [0.1, 0.15) is 17.1 Å². The van der Waals surface area contributed by atoms with Crippen molar-refractivity contribution in [2.75, 3.05) is 0 Å². The van der Waals surface area contributed by atoms with Crippen LogP contribution in [0.25, 0.3) is 0 Å². The molecule has 212 valence electrons. The largest absolute Gasteiger partial charge is 0.486 e. The van der Waals surface area contributed by atoms with Crippen molar-refractivity contribution < 1.29 is 23.9 Å². The van der Waals surface area contributed by atoms with Gasteiger partial charge in [-0.15, -0.1) is 0 Å². The van der Waals surface area contributed by atoms with E-state index in [4.69, 9.17) is 9.47 Å². The molecule has 3 aromatic carbocycles. The smallest absolute Gasteiger partial charge is 0.343 e. The number of esters is 1. The minimum atomic E-state index is -0.676. The Kier molecular flexibility index (Phi) is 9.72. The SMILES string of the molecule is CC(C)=CCC/C(C)=C/CCC1(C)Oc2c(C=O)c(C=O)cc(OC(=O)c3ccccc3)c2CC1c1ccccc1. The summed E-state index contributed by atoms with van der Waals surface area (Å²) in [5.41, 5.74) is 4.38. The average Bonchev–Trinajstić information content (AvgIpc) is 2.97. The van der Waals surface area contributed by atoms with Gasteiger partial charge in [0.05, 0.1) is 11.1 Å². The van der Waals surface area contributed by atoms with E-state index in [9.17, 15) is 14.4 Å². The summed E-state index contributed by atoms with van der Waals surface area (Å²) in [6.07, 6.45) is 9.77. The number of hydrogen-bond donors (Lipinski definition) is 0. The van der Waals surface area contributed by atoms with Crippen LogP contribution in [0.1, 0.15) is 101 Å². The van der Waals surface area contributed by atoms with Crippen molar-refractivity contribution >= 4 is 18.5 Å². The fraction of sp³-hybridized carbons (Fsp3) is 0.306.